The van der Waals surface area contributed by atoms with Gasteiger partial charge in [-0.1, -0.05) is 18.2 Å². The number of nitrogens with zero attached hydrogens (tertiary/aromatic N) is 3. The van der Waals surface area contributed by atoms with Gasteiger partial charge in [0.2, 0.25) is 12.7 Å². The molecule has 2 aromatic carbocycles. The Hall–Kier alpha value is -3.94. The van der Waals surface area contributed by atoms with Crippen LogP contribution in [0.1, 0.15) is 51.5 Å². The molecule has 0 aliphatic carbocycles. The number of aromatic nitrogens is 3. The standard InChI is InChI=1S/C30H34F3N5O4S/c1-7-38-17-22(18-13-14-34-25(16-18)35-30(2,3)4)27(36-38)21-9-8-10-23(26(21)31)37-43(39,40)24-15-19(28(32)41-5)11-12-20(24)29(33)42-6/h8-17,28-29,37H,7H2,1-6H3,(H,34,35). The topological polar surface area (TPSA) is 107 Å². The molecule has 0 aliphatic rings. The zero-order valence-corrected chi connectivity index (χ0v) is 25.5. The van der Waals surface area contributed by atoms with E-state index < -0.39 is 39.1 Å². The Morgan fingerprint density at radius 1 is 1.00 bits per heavy atom. The van der Waals surface area contributed by atoms with E-state index in [0.717, 1.165) is 31.9 Å². The minimum Gasteiger partial charge on any atom is -0.365 e. The number of aryl methyl sites for hydroxylation is 1. The second kappa shape index (κ2) is 12.7. The van der Waals surface area contributed by atoms with Crippen molar-refractivity contribution in [1.29, 1.82) is 0 Å². The molecule has 2 aromatic heterocycles. The molecule has 0 spiro atoms. The molecular weight excluding hydrogens is 583 g/mol. The van der Waals surface area contributed by atoms with Crippen LogP contribution in [-0.2, 0) is 26.0 Å². The molecule has 0 fully saturated rings. The fourth-order valence-electron chi connectivity index (χ4n) is 4.41. The molecule has 2 heterocycles. The van der Waals surface area contributed by atoms with Crippen molar-refractivity contribution in [2.75, 3.05) is 24.3 Å². The predicted molar refractivity (Wildman–Crippen MR) is 159 cm³/mol. The molecule has 2 N–H and O–H groups in total. The number of ether oxygens (including phenoxy) is 2. The minimum atomic E-state index is -4.64. The van der Waals surface area contributed by atoms with Crippen molar-refractivity contribution in [3.63, 3.8) is 0 Å². The maximum absolute atomic E-state index is 16.1. The number of benzene rings is 2. The summed E-state index contributed by atoms with van der Waals surface area (Å²) in [4.78, 5) is 3.74. The summed E-state index contributed by atoms with van der Waals surface area (Å²) in [7, 11) is -2.49. The Balaban J connectivity index is 1.79. The smallest absolute Gasteiger partial charge is 0.262 e. The molecule has 43 heavy (non-hydrogen) atoms. The molecule has 0 radical (unpaired) electrons. The van der Waals surface area contributed by atoms with Crippen molar-refractivity contribution in [3.05, 3.63) is 77.9 Å². The maximum Gasteiger partial charge on any atom is 0.262 e. The van der Waals surface area contributed by atoms with Gasteiger partial charge in [-0.2, -0.15) is 5.10 Å². The van der Waals surface area contributed by atoms with E-state index in [-0.39, 0.29) is 27.9 Å². The fourth-order valence-corrected chi connectivity index (χ4v) is 5.73. The first-order chi connectivity index (χ1) is 20.3. The van der Waals surface area contributed by atoms with Gasteiger partial charge in [0.15, 0.2) is 5.82 Å². The molecule has 13 heteroatoms. The van der Waals surface area contributed by atoms with Gasteiger partial charge in [-0.15, -0.1) is 0 Å². The molecule has 2 unspecified atom stereocenters. The number of halogens is 3. The van der Waals surface area contributed by atoms with Gasteiger partial charge in [0, 0.05) is 61.0 Å². The van der Waals surface area contributed by atoms with Crippen molar-refractivity contribution in [2.45, 2.75) is 57.4 Å². The summed E-state index contributed by atoms with van der Waals surface area (Å²) in [5.41, 5.74) is 0.406. The second-order valence-electron chi connectivity index (χ2n) is 10.7. The van der Waals surface area contributed by atoms with Crippen LogP contribution in [0.25, 0.3) is 22.4 Å². The van der Waals surface area contributed by atoms with E-state index in [0.29, 0.717) is 17.9 Å². The lowest BCUT2D eigenvalue weighted by molar-refractivity contribution is -0.0113. The Bertz CT molecular complexity index is 1710. The van der Waals surface area contributed by atoms with Crippen LogP contribution in [0, 0.1) is 5.82 Å². The summed E-state index contributed by atoms with van der Waals surface area (Å²) >= 11 is 0. The van der Waals surface area contributed by atoms with Crippen molar-refractivity contribution >= 4 is 21.5 Å². The highest BCUT2D eigenvalue weighted by Gasteiger charge is 2.28. The Morgan fingerprint density at radius 2 is 1.72 bits per heavy atom. The number of alkyl halides is 2. The van der Waals surface area contributed by atoms with Crippen molar-refractivity contribution in [3.8, 4) is 22.4 Å². The monoisotopic (exact) mass is 617 g/mol. The van der Waals surface area contributed by atoms with Crippen LogP contribution in [0.5, 0.6) is 0 Å². The lowest BCUT2D eigenvalue weighted by atomic mass is 10.0. The highest BCUT2D eigenvalue weighted by molar-refractivity contribution is 7.92. The van der Waals surface area contributed by atoms with E-state index in [1.165, 1.54) is 24.3 Å². The van der Waals surface area contributed by atoms with Gasteiger partial charge >= 0.3 is 0 Å². The zero-order valence-electron chi connectivity index (χ0n) is 24.7. The molecule has 4 aromatic rings. The Morgan fingerprint density at radius 3 is 2.37 bits per heavy atom. The number of sulfonamides is 1. The fraction of sp³-hybridized carbons (Fsp3) is 0.333. The third-order valence-corrected chi connectivity index (χ3v) is 7.83. The molecule has 0 amide bonds. The summed E-state index contributed by atoms with van der Waals surface area (Å²) in [6.07, 6.45) is -0.707. The number of pyridine rings is 1. The summed E-state index contributed by atoms with van der Waals surface area (Å²) in [6, 6.07) is 11.0. The van der Waals surface area contributed by atoms with E-state index in [2.05, 4.69) is 29.6 Å². The van der Waals surface area contributed by atoms with Crippen LogP contribution in [-0.4, -0.2) is 42.9 Å². The second-order valence-corrected chi connectivity index (χ2v) is 12.4. The molecule has 2 atom stereocenters. The van der Waals surface area contributed by atoms with Crippen LogP contribution in [0.2, 0.25) is 0 Å². The van der Waals surface area contributed by atoms with Gasteiger partial charge in [0.1, 0.15) is 11.5 Å². The number of rotatable bonds is 11. The molecule has 9 nitrogen and oxygen atoms in total. The molecule has 230 valence electrons. The van der Waals surface area contributed by atoms with E-state index in [9.17, 15) is 17.2 Å². The SMILES string of the molecule is CCn1cc(-c2ccnc(NC(C)(C)C)c2)c(-c2cccc(NS(=O)(=O)c3cc(C(F)OC)ccc3C(F)OC)c2F)n1. The average molecular weight is 618 g/mol. The van der Waals surface area contributed by atoms with Gasteiger partial charge in [-0.3, -0.25) is 9.40 Å². The minimum absolute atomic E-state index is 0.0296. The highest BCUT2D eigenvalue weighted by Crippen LogP contribution is 2.37. The van der Waals surface area contributed by atoms with Crippen LogP contribution in [0.3, 0.4) is 0 Å². The van der Waals surface area contributed by atoms with E-state index in [1.54, 1.807) is 23.1 Å². The van der Waals surface area contributed by atoms with Gasteiger partial charge in [-0.05, 0) is 63.6 Å². The average Bonchev–Trinajstić information content (AvgIpc) is 3.40. The quantitative estimate of drug-likeness (QED) is 0.186. The lowest BCUT2D eigenvalue weighted by Crippen LogP contribution is -2.26. The maximum atomic E-state index is 16.1. The molecule has 0 bridgehead atoms. The molecular formula is C30H34F3N5O4S. The molecule has 0 aliphatic heterocycles. The summed E-state index contributed by atoms with van der Waals surface area (Å²) in [5.74, 6) is -0.288. The van der Waals surface area contributed by atoms with Gasteiger partial charge in [0.25, 0.3) is 10.0 Å². The summed E-state index contributed by atoms with van der Waals surface area (Å²) < 4.78 is 85.1. The highest BCUT2D eigenvalue weighted by atomic mass is 32.2. The van der Waals surface area contributed by atoms with Gasteiger partial charge in [0.05, 0.1) is 10.6 Å². The summed E-state index contributed by atoms with van der Waals surface area (Å²) in [6.45, 7) is 8.38. The number of nitrogens with one attached hydrogen (secondary N) is 2. The number of anilines is 2. The largest absolute Gasteiger partial charge is 0.365 e. The first-order valence-corrected chi connectivity index (χ1v) is 14.9. The number of methoxy groups -OCH3 is 2. The molecule has 4 rings (SSSR count). The normalized spacial score (nSPS) is 13.5. The van der Waals surface area contributed by atoms with Crippen molar-refractivity contribution < 1.29 is 31.1 Å². The Labute approximate surface area is 249 Å². The van der Waals surface area contributed by atoms with Crippen LogP contribution in [0.4, 0.5) is 24.7 Å². The number of hydrogen-bond acceptors (Lipinski definition) is 7. The van der Waals surface area contributed by atoms with Crippen LogP contribution < -0.4 is 10.0 Å². The third-order valence-electron chi connectivity index (χ3n) is 6.41. The summed E-state index contributed by atoms with van der Waals surface area (Å²) in [5, 5.41) is 7.87. The van der Waals surface area contributed by atoms with Crippen LogP contribution in [0.15, 0.2) is 65.8 Å². The number of hydrogen-bond donors (Lipinski definition) is 2. The molecule has 0 saturated carbocycles. The van der Waals surface area contributed by atoms with E-state index in [4.69, 9.17) is 0 Å². The van der Waals surface area contributed by atoms with Crippen molar-refractivity contribution in [1.82, 2.24) is 14.8 Å². The van der Waals surface area contributed by atoms with Crippen molar-refractivity contribution in [2.24, 2.45) is 0 Å². The first kappa shape index (κ1) is 32.0. The van der Waals surface area contributed by atoms with Gasteiger partial charge in [-0.25, -0.2) is 26.6 Å². The zero-order chi connectivity index (χ0) is 31.5. The Kier molecular flexibility index (Phi) is 9.47. The lowest BCUT2D eigenvalue weighted by Gasteiger charge is -2.21. The van der Waals surface area contributed by atoms with E-state index >= 15 is 4.39 Å². The van der Waals surface area contributed by atoms with Gasteiger partial charge < -0.3 is 14.8 Å². The third kappa shape index (κ3) is 7.17. The first-order valence-electron chi connectivity index (χ1n) is 13.4. The molecule has 0 saturated heterocycles. The predicted octanol–water partition coefficient (Wildman–Crippen LogP) is 7.01. The van der Waals surface area contributed by atoms with E-state index in [1.807, 2.05) is 33.8 Å². The van der Waals surface area contributed by atoms with Crippen LogP contribution >= 0.6 is 0 Å².